The van der Waals surface area contributed by atoms with Crippen LogP contribution in [-0.2, 0) is 11.8 Å². The molecule has 0 N–H and O–H groups in total. The molecule has 2 aromatic heterocycles. The normalized spacial score (nSPS) is 17.6. The standard InChI is InChI=1S/C14H15N7O/c1-20-13(6-12(18-20)11-3-2-4-16-8-11)21-9-10(5-14(21)22)7-17-19-15/h2-4,6,8,10H,5,7,9H2,1H3. The van der Waals surface area contributed by atoms with Crippen LogP contribution in [0.2, 0.25) is 0 Å². The van der Waals surface area contributed by atoms with Gasteiger partial charge in [0.05, 0.1) is 5.69 Å². The van der Waals surface area contributed by atoms with Gasteiger partial charge in [0.15, 0.2) is 0 Å². The fourth-order valence-electron chi connectivity index (χ4n) is 2.64. The van der Waals surface area contributed by atoms with Gasteiger partial charge in [-0.15, -0.1) is 0 Å². The summed E-state index contributed by atoms with van der Waals surface area (Å²) in [4.78, 5) is 20.7. The Labute approximate surface area is 127 Å². The van der Waals surface area contributed by atoms with Gasteiger partial charge in [0, 0.05) is 55.5 Å². The van der Waals surface area contributed by atoms with Crippen LogP contribution in [0.4, 0.5) is 5.82 Å². The van der Waals surface area contributed by atoms with Crippen LogP contribution in [0.5, 0.6) is 0 Å². The highest BCUT2D eigenvalue weighted by Crippen LogP contribution is 2.28. The van der Waals surface area contributed by atoms with Crippen LogP contribution in [-0.4, -0.2) is 33.8 Å². The van der Waals surface area contributed by atoms with E-state index in [1.807, 2.05) is 25.2 Å². The molecule has 1 fully saturated rings. The van der Waals surface area contributed by atoms with E-state index in [9.17, 15) is 4.79 Å². The number of amides is 1. The van der Waals surface area contributed by atoms with Crippen molar-refractivity contribution < 1.29 is 4.79 Å². The smallest absolute Gasteiger partial charge is 0.228 e. The van der Waals surface area contributed by atoms with E-state index in [0.717, 1.165) is 17.1 Å². The Morgan fingerprint density at radius 2 is 2.41 bits per heavy atom. The zero-order valence-electron chi connectivity index (χ0n) is 12.1. The predicted molar refractivity (Wildman–Crippen MR) is 80.9 cm³/mol. The number of carbonyl (C=O) groups excluding carboxylic acids is 1. The number of rotatable bonds is 4. The molecule has 1 saturated heterocycles. The number of hydrogen-bond acceptors (Lipinski definition) is 4. The summed E-state index contributed by atoms with van der Waals surface area (Å²) in [6, 6.07) is 5.65. The second kappa shape index (κ2) is 5.87. The largest absolute Gasteiger partial charge is 0.297 e. The molecule has 8 heteroatoms. The number of pyridine rings is 1. The second-order valence-electron chi connectivity index (χ2n) is 5.24. The maximum Gasteiger partial charge on any atom is 0.228 e. The molecule has 1 atom stereocenters. The average molecular weight is 297 g/mol. The van der Waals surface area contributed by atoms with Crippen molar-refractivity contribution in [2.24, 2.45) is 18.1 Å². The van der Waals surface area contributed by atoms with Gasteiger partial charge < -0.3 is 0 Å². The van der Waals surface area contributed by atoms with Gasteiger partial charge in [0.25, 0.3) is 0 Å². The van der Waals surface area contributed by atoms with Gasteiger partial charge in [0.2, 0.25) is 5.91 Å². The van der Waals surface area contributed by atoms with Gasteiger partial charge in [-0.25, -0.2) is 0 Å². The molecule has 3 rings (SSSR count). The molecule has 1 amide bonds. The van der Waals surface area contributed by atoms with Crippen molar-refractivity contribution in [1.29, 1.82) is 0 Å². The Bertz CT molecular complexity index is 733. The summed E-state index contributed by atoms with van der Waals surface area (Å²) in [5, 5.41) is 8.01. The summed E-state index contributed by atoms with van der Waals surface area (Å²) in [5.41, 5.74) is 10.1. The minimum absolute atomic E-state index is 0.0267. The lowest BCUT2D eigenvalue weighted by atomic mass is 10.1. The number of anilines is 1. The van der Waals surface area contributed by atoms with E-state index in [1.165, 1.54) is 0 Å². The number of aryl methyl sites for hydroxylation is 1. The molecule has 1 aliphatic rings. The highest BCUT2D eigenvalue weighted by atomic mass is 16.2. The zero-order valence-corrected chi connectivity index (χ0v) is 12.1. The summed E-state index contributed by atoms with van der Waals surface area (Å²) in [7, 11) is 1.81. The SMILES string of the molecule is Cn1nc(-c2cccnc2)cc1N1CC(CN=[N+]=[N-])CC1=O. The van der Waals surface area contributed by atoms with Crippen LogP contribution in [0.1, 0.15) is 6.42 Å². The van der Waals surface area contributed by atoms with E-state index in [-0.39, 0.29) is 11.8 Å². The lowest BCUT2D eigenvalue weighted by Crippen LogP contribution is -2.26. The first-order chi connectivity index (χ1) is 10.7. The van der Waals surface area contributed by atoms with Crippen molar-refractivity contribution >= 4 is 11.7 Å². The van der Waals surface area contributed by atoms with E-state index >= 15 is 0 Å². The highest BCUT2D eigenvalue weighted by molar-refractivity contribution is 5.95. The zero-order chi connectivity index (χ0) is 15.5. The molecule has 22 heavy (non-hydrogen) atoms. The van der Waals surface area contributed by atoms with E-state index in [1.54, 1.807) is 22.0 Å². The number of aromatic nitrogens is 3. The molecule has 1 unspecified atom stereocenters. The van der Waals surface area contributed by atoms with E-state index in [2.05, 4.69) is 20.1 Å². The molecular weight excluding hydrogens is 282 g/mol. The van der Waals surface area contributed by atoms with Crippen LogP contribution >= 0.6 is 0 Å². The summed E-state index contributed by atoms with van der Waals surface area (Å²) < 4.78 is 1.69. The van der Waals surface area contributed by atoms with Gasteiger partial charge >= 0.3 is 0 Å². The summed E-state index contributed by atoms with van der Waals surface area (Å²) in [6.45, 7) is 0.885. The topological polar surface area (TPSA) is 99.8 Å². The quantitative estimate of drug-likeness (QED) is 0.491. The van der Waals surface area contributed by atoms with Crippen molar-refractivity contribution in [3.05, 3.63) is 41.0 Å². The number of azide groups is 1. The highest BCUT2D eigenvalue weighted by Gasteiger charge is 2.32. The van der Waals surface area contributed by atoms with E-state index < -0.39 is 0 Å². The maximum absolute atomic E-state index is 12.2. The van der Waals surface area contributed by atoms with Gasteiger partial charge in [-0.3, -0.25) is 19.4 Å². The molecule has 1 aliphatic heterocycles. The molecule has 0 saturated carbocycles. The molecule has 0 spiro atoms. The Balaban J connectivity index is 1.85. The Morgan fingerprint density at radius 3 is 3.14 bits per heavy atom. The number of hydrogen-bond donors (Lipinski definition) is 0. The Hall–Kier alpha value is -2.86. The van der Waals surface area contributed by atoms with E-state index in [0.29, 0.717) is 19.5 Å². The number of carbonyl (C=O) groups is 1. The fourth-order valence-corrected chi connectivity index (χ4v) is 2.64. The fraction of sp³-hybridized carbons (Fsp3) is 0.357. The van der Waals surface area contributed by atoms with Gasteiger partial charge in [0.1, 0.15) is 5.82 Å². The third-order valence-electron chi connectivity index (χ3n) is 3.70. The minimum atomic E-state index is 0.0267. The first kappa shape index (κ1) is 14.1. The lowest BCUT2D eigenvalue weighted by molar-refractivity contribution is -0.117. The maximum atomic E-state index is 12.2. The van der Waals surface area contributed by atoms with Crippen molar-refractivity contribution in [1.82, 2.24) is 14.8 Å². The van der Waals surface area contributed by atoms with Crippen molar-refractivity contribution in [2.45, 2.75) is 6.42 Å². The van der Waals surface area contributed by atoms with Crippen molar-refractivity contribution in [3.63, 3.8) is 0 Å². The predicted octanol–water partition coefficient (Wildman–Crippen LogP) is 2.15. The molecule has 0 aliphatic carbocycles. The third-order valence-corrected chi connectivity index (χ3v) is 3.70. The first-order valence-corrected chi connectivity index (χ1v) is 6.94. The van der Waals surface area contributed by atoms with Crippen LogP contribution < -0.4 is 4.90 Å². The molecule has 0 radical (unpaired) electrons. The second-order valence-corrected chi connectivity index (χ2v) is 5.24. The lowest BCUT2D eigenvalue weighted by Gasteiger charge is -2.15. The molecule has 0 aromatic carbocycles. The van der Waals surface area contributed by atoms with Crippen LogP contribution in [0.25, 0.3) is 21.7 Å². The average Bonchev–Trinajstić information content (AvgIpc) is 3.09. The molecular formula is C14H15N7O. The number of nitrogens with zero attached hydrogens (tertiary/aromatic N) is 7. The Kier molecular flexibility index (Phi) is 3.76. The summed E-state index contributed by atoms with van der Waals surface area (Å²) >= 11 is 0. The molecule has 2 aromatic rings. The third kappa shape index (κ3) is 2.64. The Morgan fingerprint density at radius 1 is 1.55 bits per heavy atom. The van der Waals surface area contributed by atoms with Gasteiger partial charge in [-0.1, -0.05) is 5.11 Å². The van der Waals surface area contributed by atoms with Crippen LogP contribution in [0, 0.1) is 5.92 Å². The van der Waals surface area contributed by atoms with Crippen molar-refractivity contribution in [2.75, 3.05) is 18.0 Å². The molecule has 112 valence electrons. The van der Waals surface area contributed by atoms with E-state index in [4.69, 9.17) is 5.53 Å². The van der Waals surface area contributed by atoms with Crippen LogP contribution in [0.3, 0.4) is 0 Å². The summed E-state index contributed by atoms with van der Waals surface area (Å²) in [5.74, 6) is 0.825. The monoisotopic (exact) mass is 297 g/mol. The molecule has 8 nitrogen and oxygen atoms in total. The van der Waals surface area contributed by atoms with Gasteiger partial charge in [-0.2, -0.15) is 5.10 Å². The summed E-state index contributed by atoms with van der Waals surface area (Å²) in [6.07, 6.45) is 3.84. The van der Waals surface area contributed by atoms with Crippen LogP contribution in [0.15, 0.2) is 35.7 Å². The van der Waals surface area contributed by atoms with Gasteiger partial charge in [-0.05, 0) is 23.6 Å². The minimum Gasteiger partial charge on any atom is -0.297 e. The first-order valence-electron chi connectivity index (χ1n) is 6.94. The molecule has 3 heterocycles. The molecule has 0 bridgehead atoms. The van der Waals surface area contributed by atoms with Crippen molar-refractivity contribution in [3.8, 4) is 11.3 Å².